The predicted octanol–water partition coefficient (Wildman–Crippen LogP) is 3.97. The molecule has 0 fully saturated rings. The van der Waals surface area contributed by atoms with Crippen molar-refractivity contribution in [2.45, 2.75) is 73.9 Å². The minimum Gasteiger partial charge on any atom is -0.464 e. The molecular formula is C17H35NO2. The zero-order valence-corrected chi connectivity index (χ0v) is 14.8. The minimum absolute atomic E-state index is 0.0267. The largest absolute Gasteiger partial charge is 0.464 e. The molecule has 0 spiro atoms. The van der Waals surface area contributed by atoms with Crippen molar-refractivity contribution in [3.8, 4) is 0 Å². The molecule has 3 nitrogen and oxygen atoms in total. The fourth-order valence-corrected chi connectivity index (χ4v) is 2.62. The van der Waals surface area contributed by atoms with Gasteiger partial charge in [-0.15, -0.1) is 0 Å². The van der Waals surface area contributed by atoms with Crippen molar-refractivity contribution in [3.05, 3.63) is 0 Å². The van der Waals surface area contributed by atoms with Crippen molar-refractivity contribution in [2.24, 2.45) is 17.8 Å². The molecule has 0 amide bonds. The number of hydrogen-bond donors (Lipinski definition) is 0. The third kappa shape index (κ3) is 7.28. The van der Waals surface area contributed by atoms with E-state index in [-0.39, 0.29) is 11.9 Å². The number of nitrogens with zero attached hydrogens (tertiary/aromatic N) is 1. The van der Waals surface area contributed by atoms with E-state index in [1.54, 1.807) is 0 Å². The molecule has 0 bridgehead atoms. The van der Waals surface area contributed by atoms with Gasteiger partial charge in [0.1, 0.15) is 6.61 Å². The van der Waals surface area contributed by atoms with Crippen LogP contribution in [-0.4, -0.2) is 36.1 Å². The lowest BCUT2D eigenvalue weighted by Crippen LogP contribution is -2.40. The maximum atomic E-state index is 12.2. The molecule has 3 heteroatoms. The molecule has 20 heavy (non-hydrogen) atoms. The van der Waals surface area contributed by atoms with Crippen molar-refractivity contribution in [2.75, 3.05) is 13.2 Å². The summed E-state index contributed by atoms with van der Waals surface area (Å²) in [5.41, 5.74) is 0. The van der Waals surface area contributed by atoms with Gasteiger partial charge in [-0.25, -0.2) is 0 Å². The van der Waals surface area contributed by atoms with E-state index in [9.17, 15) is 4.79 Å². The number of esters is 1. The van der Waals surface area contributed by atoms with Gasteiger partial charge in [0.15, 0.2) is 0 Å². The van der Waals surface area contributed by atoms with Gasteiger partial charge >= 0.3 is 5.97 Å². The topological polar surface area (TPSA) is 29.5 Å². The number of carbonyl (C=O) groups excluding carboxylic acids is 1. The molecule has 0 aromatic rings. The predicted molar refractivity (Wildman–Crippen MR) is 85.7 cm³/mol. The lowest BCUT2D eigenvalue weighted by molar-refractivity contribution is -0.151. The van der Waals surface area contributed by atoms with Crippen molar-refractivity contribution in [1.29, 1.82) is 0 Å². The van der Waals surface area contributed by atoms with E-state index in [2.05, 4.69) is 60.3 Å². The Morgan fingerprint density at radius 2 is 1.45 bits per heavy atom. The summed E-state index contributed by atoms with van der Waals surface area (Å²) < 4.78 is 5.52. The first-order valence-corrected chi connectivity index (χ1v) is 8.09. The average molecular weight is 285 g/mol. The lowest BCUT2D eigenvalue weighted by Gasteiger charge is -2.30. The molecule has 1 unspecified atom stereocenters. The summed E-state index contributed by atoms with van der Waals surface area (Å²) in [6.07, 6.45) is 0.911. The van der Waals surface area contributed by atoms with E-state index in [0.717, 1.165) is 13.0 Å². The zero-order valence-electron chi connectivity index (χ0n) is 14.8. The van der Waals surface area contributed by atoms with Gasteiger partial charge in [0, 0.05) is 18.6 Å². The number of rotatable bonds is 9. The van der Waals surface area contributed by atoms with Gasteiger partial charge in [0.2, 0.25) is 0 Å². The molecule has 0 aromatic heterocycles. The van der Waals surface area contributed by atoms with Crippen LogP contribution in [0.5, 0.6) is 0 Å². The Morgan fingerprint density at radius 3 is 1.80 bits per heavy atom. The molecule has 0 radical (unpaired) electrons. The van der Waals surface area contributed by atoms with Crippen molar-refractivity contribution in [3.63, 3.8) is 0 Å². The first-order valence-electron chi connectivity index (χ1n) is 8.09. The molecular weight excluding hydrogens is 250 g/mol. The highest BCUT2D eigenvalue weighted by atomic mass is 16.5. The normalized spacial score (nSPS) is 13.8. The summed E-state index contributed by atoms with van der Waals surface area (Å²) in [7, 11) is 0. The molecule has 0 aromatic carbocycles. The maximum Gasteiger partial charge on any atom is 0.309 e. The Kier molecular flexibility index (Phi) is 9.11. The Labute approximate surface area is 126 Å². The summed E-state index contributed by atoms with van der Waals surface area (Å²) in [4.78, 5) is 14.5. The summed E-state index contributed by atoms with van der Waals surface area (Å²) >= 11 is 0. The van der Waals surface area contributed by atoms with Crippen LogP contribution in [0.4, 0.5) is 0 Å². The SMILES string of the molecule is CC(C)CC(C(=O)OCCN(C(C)C)C(C)C)C(C)C. The molecule has 1 atom stereocenters. The second kappa shape index (κ2) is 9.38. The van der Waals surface area contributed by atoms with Gasteiger partial charge in [-0.2, -0.15) is 0 Å². The molecule has 0 aliphatic carbocycles. The van der Waals surface area contributed by atoms with Gasteiger partial charge in [0.05, 0.1) is 5.92 Å². The summed E-state index contributed by atoms with van der Waals surface area (Å²) in [6, 6.07) is 0.954. The quantitative estimate of drug-likeness (QED) is 0.600. The van der Waals surface area contributed by atoms with Gasteiger partial charge in [0.25, 0.3) is 0 Å². The van der Waals surface area contributed by atoms with Crippen LogP contribution in [0.1, 0.15) is 61.8 Å². The zero-order chi connectivity index (χ0) is 15.9. The first-order chi connectivity index (χ1) is 9.16. The summed E-state index contributed by atoms with van der Waals surface area (Å²) in [6.45, 7) is 18.5. The van der Waals surface area contributed by atoms with Gasteiger partial charge in [-0.3, -0.25) is 9.69 Å². The highest BCUT2D eigenvalue weighted by Gasteiger charge is 2.25. The lowest BCUT2D eigenvalue weighted by atomic mass is 9.88. The van der Waals surface area contributed by atoms with E-state index in [1.165, 1.54) is 0 Å². The van der Waals surface area contributed by atoms with Crippen LogP contribution >= 0.6 is 0 Å². The van der Waals surface area contributed by atoms with E-state index in [4.69, 9.17) is 4.74 Å². The molecule has 0 rings (SSSR count). The van der Waals surface area contributed by atoms with Crippen LogP contribution in [0.25, 0.3) is 0 Å². The molecule has 0 saturated carbocycles. The number of carbonyl (C=O) groups is 1. The molecule has 0 aliphatic rings. The monoisotopic (exact) mass is 285 g/mol. The third-order valence-corrected chi connectivity index (χ3v) is 3.75. The highest BCUT2D eigenvalue weighted by Crippen LogP contribution is 2.21. The molecule has 120 valence electrons. The molecule has 0 saturated heterocycles. The fourth-order valence-electron chi connectivity index (χ4n) is 2.62. The second-order valence-corrected chi connectivity index (χ2v) is 7.07. The Bertz CT molecular complexity index is 264. The van der Waals surface area contributed by atoms with Crippen LogP contribution in [0, 0.1) is 17.8 Å². The summed E-state index contributed by atoms with van der Waals surface area (Å²) in [5, 5.41) is 0. The first kappa shape index (κ1) is 19.4. The van der Waals surface area contributed by atoms with Crippen molar-refractivity contribution < 1.29 is 9.53 Å². The van der Waals surface area contributed by atoms with Crippen LogP contribution in [0.3, 0.4) is 0 Å². The van der Waals surface area contributed by atoms with E-state index >= 15 is 0 Å². The Balaban J connectivity index is 4.31. The average Bonchev–Trinajstić information content (AvgIpc) is 2.29. The van der Waals surface area contributed by atoms with E-state index in [1.807, 2.05) is 0 Å². The second-order valence-electron chi connectivity index (χ2n) is 7.07. The molecule has 0 N–H and O–H groups in total. The third-order valence-electron chi connectivity index (χ3n) is 3.75. The van der Waals surface area contributed by atoms with E-state index < -0.39 is 0 Å². The highest BCUT2D eigenvalue weighted by molar-refractivity contribution is 5.72. The standard InChI is InChI=1S/C17H35NO2/c1-12(2)11-16(13(3)4)17(19)20-10-9-18(14(5)6)15(7)8/h12-16H,9-11H2,1-8H3. The van der Waals surface area contributed by atoms with Crippen LogP contribution in [0.2, 0.25) is 0 Å². The minimum atomic E-state index is -0.0267. The molecule has 0 aliphatic heterocycles. The van der Waals surface area contributed by atoms with Crippen molar-refractivity contribution >= 4 is 5.97 Å². The molecule has 0 heterocycles. The Morgan fingerprint density at radius 1 is 0.950 bits per heavy atom. The Hall–Kier alpha value is -0.570. The van der Waals surface area contributed by atoms with E-state index in [0.29, 0.717) is 30.5 Å². The number of ether oxygens (including phenoxy) is 1. The van der Waals surface area contributed by atoms with Crippen molar-refractivity contribution in [1.82, 2.24) is 4.90 Å². The summed E-state index contributed by atoms with van der Waals surface area (Å²) in [5.74, 6) is 0.872. The smallest absolute Gasteiger partial charge is 0.309 e. The fraction of sp³-hybridized carbons (Fsp3) is 0.941. The van der Waals surface area contributed by atoms with Gasteiger partial charge in [-0.1, -0.05) is 27.7 Å². The maximum absolute atomic E-state index is 12.2. The van der Waals surface area contributed by atoms with Gasteiger partial charge < -0.3 is 4.74 Å². The van der Waals surface area contributed by atoms with Crippen LogP contribution < -0.4 is 0 Å². The number of hydrogen-bond acceptors (Lipinski definition) is 3. The van der Waals surface area contributed by atoms with Crippen LogP contribution in [-0.2, 0) is 9.53 Å². The van der Waals surface area contributed by atoms with Crippen LogP contribution in [0.15, 0.2) is 0 Å². The van der Waals surface area contributed by atoms with Gasteiger partial charge in [-0.05, 0) is 46.0 Å².